The van der Waals surface area contributed by atoms with Crippen LogP contribution in [0.15, 0.2) is 65.8 Å². The average Bonchev–Trinajstić information content (AvgIpc) is 3.30. The van der Waals surface area contributed by atoms with E-state index in [1.807, 2.05) is 36.4 Å². The first-order valence-corrected chi connectivity index (χ1v) is 10.7. The maximum Gasteiger partial charge on any atom is 0.262 e. The summed E-state index contributed by atoms with van der Waals surface area (Å²) < 4.78 is 13.9. The Morgan fingerprint density at radius 1 is 1.03 bits per heavy atom. The number of aromatic nitrogens is 5. The van der Waals surface area contributed by atoms with Gasteiger partial charge in [0.05, 0.1) is 30.8 Å². The largest absolute Gasteiger partial charge is 0.493 e. The Hall–Kier alpha value is -3.91. The maximum absolute atomic E-state index is 13.6. The molecule has 5 rings (SSSR count). The van der Waals surface area contributed by atoms with Crippen LogP contribution < -0.4 is 15.0 Å². The van der Waals surface area contributed by atoms with Crippen molar-refractivity contribution < 1.29 is 9.47 Å². The number of methoxy groups -OCH3 is 2. The van der Waals surface area contributed by atoms with Gasteiger partial charge in [0.25, 0.3) is 11.3 Å². The molecule has 0 unspecified atom stereocenters. The average molecular weight is 462 g/mol. The minimum Gasteiger partial charge on any atom is -0.493 e. The zero-order valence-corrected chi connectivity index (χ0v) is 18.8. The molecule has 0 amide bonds. The molecule has 0 fully saturated rings. The predicted molar refractivity (Wildman–Crippen MR) is 126 cm³/mol. The molecule has 0 saturated heterocycles. The second-order valence-corrected chi connectivity index (χ2v) is 7.89. The summed E-state index contributed by atoms with van der Waals surface area (Å²) in [6.07, 6.45) is 3.81. The lowest BCUT2D eigenvalue weighted by atomic mass is 10.1. The van der Waals surface area contributed by atoms with Gasteiger partial charge in [0.2, 0.25) is 0 Å². The molecule has 8 nitrogen and oxygen atoms in total. The van der Waals surface area contributed by atoms with Gasteiger partial charge in [-0.2, -0.15) is 14.6 Å². The maximum atomic E-state index is 13.6. The molecule has 0 spiro atoms. The van der Waals surface area contributed by atoms with Gasteiger partial charge in [-0.15, -0.1) is 0 Å². The van der Waals surface area contributed by atoms with Gasteiger partial charge < -0.3 is 14.0 Å². The Bertz CT molecular complexity index is 1540. The third-order valence-corrected chi connectivity index (χ3v) is 5.76. The quantitative estimate of drug-likeness (QED) is 0.380. The van der Waals surface area contributed by atoms with E-state index in [1.165, 1.54) is 6.33 Å². The molecule has 0 atom stereocenters. The van der Waals surface area contributed by atoms with Crippen LogP contribution in [0.3, 0.4) is 0 Å². The third-order valence-electron chi connectivity index (χ3n) is 5.53. The number of ether oxygens (including phenoxy) is 2. The van der Waals surface area contributed by atoms with Crippen LogP contribution in [-0.2, 0) is 13.0 Å². The molecule has 166 valence electrons. The summed E-state index contributed by atoms with van der Waals surface area (Å²) in [6, 6.07) is 14.9. The van der Waals surface area contributed by atoms with E-state index in [4.69, 9.17) is 21.1 Å². The van der Waals surface area contributed by atoms with Crippen LogP contribution in [0.5, 0.6) is 11.5 Å². The lowest BCUT2D eigenvalue weighted by Gasteiger charge is -2.13. The lowest BCUT2D eigenvalue weighted by molar-refractivity contribution is 0.354. The number of hydrogen-bond acceptors (Lipinski definition) is 6. The highest BCUT2D eigenvalue weighted by Crippen LogP contribution is 2.29. The summed E-state index contributed by atoms with van der Waals surface area (Å²) in [5.74, 6) is 1.74. The molecule has 2 aromatic carbocycles. The van der Waals surface area contributed by atoms with Crippen LogP contribution in [0.25, 0.3) is 27.9 Å². The van der Waals surface area contributed by atoms with Gasteiger partial charge in [-0.1, -0.05) is 29.8 Å². The number of fused-ring (bicyclic) bond motifs is 2. The van der Waals surface area contributed by atoms with E-state index in [9.17, 15) is 4.79 Å². The van der Waals surface area contributed by atoms with Gasteiger partial charge in [-0.05, 0) is 42.3 Å². The van der Waals surface area contributed by atoms with E-state index in [0.29, 0.717) is 51.9 Å². The van der Waals surface area contributed by atoms with Crippen molar-refractivity contribution in [2.24, 2.45) is 0 Å². The Labute approximate surface area is 194 Å². The van der Waals surface area contributed by atoms with Crippen LogP contribution in [0.2, 0.25) is 5.02 Å². The molecule has 0 bridgehead atoms. The number of nitrogens with zero attached hydrogens (tertiary/aromatic N) is 5. The Morgan fingerprint density at radius 2 is 1.88 bits per heavy atom. The molecule has 3 aromatic heterocycles. The summed E-state index contributed by atoms with van der Waals surface area (Å²) in [6.45, 7) is 0.481. The Balaban J connectivity index is 1.61. The summed E-state index contributed by atoms with van der Waals surface area (Å²) in [7, 11) is 3.20. The molecule has 9 heteroatoms. The van der Waals surface area contributed by atoms with Crippen LogP contribution in [-0.4, -0.2) is 38.4 Å². The first-order valence-electron chi connectivity index (χ1n) is 10.3. The molecule has 0 saturated carbocycles. The topological polar surface area (TPSA) is 83.5 Å². The predicted octanol–water partition coefficient (Wildman–Crippen LogP) is 4.02. The van der Waals surface area contributed by atoms with Gasteiger partial charge in [-0.3, -0.25) is 4.79 Å². The van der Waals surface area contributed by atoms with Gasteiger partial charge in [0.15, 0.2) is 11.5 Å². The molecular weight excluding hydrogens is 442 g/mol. The number of benzene rings is 2. The van der Waals surface area contributed by atoms with Crippen molar-refractivity contribution in [3.05, 3.63) is 82.0 Å². The number of halogens is 1. The van der Waals surface area contributed by atoms with Gasteiger partial charge in [0.1, 0.15) is 6.33 Å². The van der Waals surface area contributed by atoms with Crippen LogP contribution in [0.1, 0.15) is 5.56 Å². The highest BCUT2D eigenvalue weighted by Gasteiger charge is 2.17. The standard InChI is InChI=1S/C24H20ClN5O3/c1-32-19-7-6-15(12-20(19)33-2)8-10-29-11-9-18-21(23(29)31)22(16-4-3-5-17(25)13-16)30-24(28-18)26-14-27-30/h3-7,9,11-14H,8,10H2,1-2H3. The van der Waals surface area contributed by atoms with Gasteiger partial charge in [-0.25, -0.2) is 4.98 Å². The molecule has 0 aliphatic carbocycles. The molecule has 0 aliphatic rings. The summed E-state index contributed by atoms with van der Waals surface area (Å²) in [5.41, 5.74) is 2.80. The SMILES string of the molecule is COc1ccc(CCn2ccc3nc4ncnn4c(-c4cccc(Cl)c4)c3c2=O)cc1OC. The molecular formula is C24H20ClN5O3. The highest BCUT2D eigenvalue weighted by atomic mass is 35.5. The monoisotopic (exact) mass is 461 g/mol. The first-order chi connectivity index (χ1) is 16.1. The minimum atomic E-state index is -0.159. The third kappa shape index (κ3) is 3.78. The fraction of sp³-hybridized carbons (Fsp3) is 0.167. The molecule has 0 N–H and O–H groups in total. The van der Waals surface area contributed by atoms with E-state index in [-0.39, 0.29) is 5.56 Å². The van der Waals surface area contributed by atoms with E-state index < -0.39 is 0 Å². The van der Waals surface area contributed by atoms with Crippen molar-refractivity contribution in [1.82, 2.24) is 24.1 Å². The molecule has 0 radical (unpaired) electrons. The van der Waals surface area contributed by atoms with Crippen molar-refractivity contribution >= 4 is 28.3 Å². The normalized spacial score (nSPS) is 11.2. The first kappa shape index (κ1) is 21.0. The summed E-state index contributed by atoms with van der Waals surface area (Å²) in [4.78, 5) is 22.3. The van der Waals surface area contributed by atoms with E-state index in [2.05, 4.69) is 15.1 Å². The number of hydrogen-bond donors (Lipinski definition) is 0. The fourth-order valence-electron chi connectivity index (χ4n) is 3.93. The van der Waals surface area contributed by atoms with E-state index >= 15 is 0 Å². The summed E-state index contributed by atoms with van der Waals surface area (Å²) >= 11 is 6.24. The van der Waals surface area contributed by atoms with Gasteiger partial charge in [0, 0.05) is 23.3 Å². The number of pyridine rings is 1. The lowest BCUT2D eigenvalue weighted by Crippen LogP contribution is -2.22. The number of aryl methyl sites for hydroxylation is 2. The zero-order valence-electron chi connectivity index (χ0n) is 18.0. The summed E-state index contributed by atoms with van der Waals surface area (Å²) in [5, 5.41) is 5.33. The van der Waals surface area contributed by atoms with Crippen molar-refractivity contribution in [2.75, 3.05) is 14.2 Å². The van der Waals surface area contributed by atoms with Crippen molar-refractivity contribution in [1.29, 1.82) is 0 Å². The van der Waals surface area contributed by atoms with Crippen LogP contribution in [0, 0.1) is 0 Å². The molecule has 3 heterocycles. The minimum absolute atomic E-state index is 0.159. The fourth-order valence-corrected chi connectivity index (χ4v) is 4.12. The Kier molecular flexibility index (Phi) is 5.43. The second-order valence-electron chi connectivity index (χ2n) is 7.46. The van der Waals surface area contributed by atoms with Crippen LogP contribution >= 0.6 is 11.6 Å². The molecule has 33 heavy (non-hydrogen) atoms. The van der Waals surface area contributed by atoms with E-state index in [1.54, 1.807) is 41.6 Å². The smallest absolute Gasteiger partial charge is 0.262 e. The van der Waals surface area contributed by atoms with Crippen molar-refractivity contribution in [3.63, 3.8) is 0 Å². The molecule has 0 aliphatic heterocycles. The molecule has 5 aromatic rings. The highest BCUT2D eigenvalue weighted by molar-refractivity contribution is 6.30. The number of rotatable bonds is 6. The second kappa shape index (κ2) is 8.55. The Morgan fingerprint density at radius 3 is 2.67 bits per heavy atom. The van der Waals surface area contributed by atoms with Crippen molar-refractivity contribution in [2.45, 2.75) is 13.0 Å². The zero-order chi connectivity index (χ0) is 22.9. The van der Waals surface area contributed by atoms with Crippen molar-refractivity contribution in [3.8, 4) is 22.8 Å². The van der Waals surface area contributed by atoms with Crippen LogP contribution in [0.4, 0.5) is 0 Å². The van der Waals surface area contributed by atoms with Gasteiger partial charge >= 0.3 is 0 Å². The van der Waals surface area contributed by atoms with E-state index in [0.717, 1.165) is 11.1 Å².